The largest absolute Gasteiger partial charge is 0.384 e. The number of aromatic nitrogens is 1. The van der Waals surface area contributed by atoms with E-state index < -0.39 is 11.4 Å². The molecular formula is C30H32F2N4O2. The summed E-state index contributed by atoms with van der Waals surface area (Å²) in [5.41, 5.74) is 2.54. The highest BCUT2D eigenvalue weighted by Gasteiger charge is 2.42. The molecule has 8 heteroatoms. The van der Waals surface area contributed by atoms with E-state index in [9.17, 15) is 14.3 Å². The van der Waals surface area contributed by atoms with Crippen molar-refractivity contribution in [1.82, 2.24) is 20.1 Å². The maximum atomic E-state index is 15.8. The molecule has 2 N–H and O–H groups in total. The Morgan fingerprint density at radius 2 is 1.97 bits per heavy atom. The molecule has 0 bridgehead atoms. The third-order valence-corrected chi connectivity index (χ3v) is 8.37. The highest BCUT2D eigenvalue weighted by atomic mass is 19.1. The fourth-order valence-corrected chi connectivity index (χ4v) is 6.27. The predicted octanol–water partition coefficient (Wildman–Crippen LogP) is 4.22. The van der Waals surface area contributed by atoms with Gasteiger partial charge in [0.25, 0.3) is 5.91 Å². The minimum Gasteiger partial charge on any atom is -0.384 e. The van der Waals surface area contributed by atoms with Gasteiger partial charge in [0.15, 0.2) is 5.82 Å². The van der Waals surface area contributed by atoms with Gasteiger partial charge in [-0.1, -0.05) is 18.2 Å². The van der Waals surface area contributed by atoms with Gasteiger partial charge in [-0.25, -0.2) is 8.78 Å². The molecule has 2 aromatic carbocycles. The van der Waals surface area contributed by atoms with Crippen LogP contribution in [0, 0.1) is 11.6 Å². The van der Waals surface area contributed by atoms with E-state index >= 15 is 4.39 Å². The summed E-state index contributed by atoms with van der Waals surface area (Å²) < 4.78 is 29.2. The maximum Gasteiger partial charge on any atom is 0.254 e. The lowest BCUT2D eigenvalue weighted by Crippen LogP contribution is -2.46. The number of rotatable bonds is 5. The Labute approximate surface area is 221 Å². The van der Waals surface area contributed by atoms with Gasteiger partial charge in [-0.15, -0.1) is 0 Å². The number of nitrogens with zero attached hydrogens (tertiary/aromatic N) is 3. The van der Waals surface area contributed by atoms with Crippen molar-refractivity contribution in [2.45, 2.75) is 57.0 Å². The number of nitrogens with one attached hydrogen (secondary N) is 1. The molecule has 3 unspecified atom stereocenters. The fourth-order valence-electron chi connectivity index (χ4n) is 6.27. The number of carbonyl (C=O) groups excluding carboxylic acids is 1. The van der Waals surface area contributed by atoms with Crippen LogP contribution in [-0.4, -0.2) is 57.5 Å². The Bertz CT molecular complexity index is 1360. The van der Waals surface area contributed by atoms with Gasteiger partial charge >= 0.3 is 0 Å². The smallest absolute Gasteiger partial charge is 0.254 e. The normalized spacial score (nSPS) is 25.7. The lowest BCUT2D eigenvalue weighted by atomic mass is 9.91. The van der Waals surface area contributed by atoms with Gasteiger partial charge in [0.2, 0.25) is 0 Å². The fraction of sp³-hybridized carbons (Fsp3) is 0.400. The second-order valence-electron chi connectivity index (χ2n) is 10.9. The van der Waals surface area contributed by atoms with Crippen LogP contribution in [0.15, 0.2) is 54.7 Å². The Hall–Kier alpha value is -3.20. The third kappa shape index (κ3) is 4.51. The molecule has 4 heterocycles. The molecule has 0 spiro atoms. The van der Waals surface area contributed by atoms with Crippen molar-refractivity contribution >= 4 is 5.91 Å². The summed E-state index contributed by atoms with van der Waals surface area (Å²) >= 11 is 0. The molecule has 38 heavy (non-hydrogen) atoms. The van der Waals surface area contributed by atoms with Crippen LogP contribution in [0.2, 0.25) is 0 Å². The summed E-state index contributed by atoms with van der Waals surface area (Å²) in [5, 5.41) is 14.7. The van der Waals surface area contributed by atoms with Gasteiger partial charge in [0.05, 0.1) is 0 Å². The highest BCUT2D eigenvalue weighted by molar-refractivity contribution is 5.99. The molecule has 3 aromatic rings. The van der Waals surface area contributed by atoms with E-state index in [2.05, 4.69) is 10.3 Å². The molecule has 0 saturated carbocycles. The monoisotopic (exact) mass is 518 g/mol. The molecular weight excluding hydrogens is 486 g/mol. The number of fused-ring (bicyclic) bond motifs is 1. The first-order valence-corrected chi connectivity index (χ1v) is 13.3. The number of carbonyl (C=O) groups is 1. The quantitative estimate of drug-likeness (QED) is 0.530. The molecule has 198 valence electrons. The van der Waals surface area contributed by atoms with E-state index in [0.717, 1.165) is 31.5 Å². The standard InChI is InChI=1S/C30H32F2N4O2/c1-19-14-30(38,23-5-7-24(31)8-6-23)18-35(19)16-21-10-12-34-28(27(21)32)20-4-9-26-22(13-20)17-36(29(26)37)25-3-2-11-33-15-25/h4-10,12-13,19,25,33,38H,2-3,11,14-18H2,1H3. The minimum absolute atomic E-state index is 0.00679. The zero-order valence-electron chi connectivity index (χ0n) is 21.5. The highest BCUT2D eigenvalue weighted by Crippen LogP contribution is 2.37. The number of piperidine rings is 1. The lowest BCUT2D eigenvalue weighted by molar-refractivity contribution is 0.0450. The number of benzene rings is 2. The van der Waals surface area contributed by atoms with E-state index in [1.54, 1.807) is 36.5 Å². The van der Waals surface area contributed by atoms with E-state index in [0.29, 0.717) is 48.3 Å². The van der Waals surface area contributed by atoms with Crippen molar-refractivity contribution in [3.63, 3.8) is 0 Å². The van der Waals surface area contributed by atoms with Crippen molar-refractivity contribution in [3.05, 3.63) is 88.6 Å². The first kappa shape index (κ1) is 25.1. The molecule has 1 amide bonds. The number of β-amino-alcohol motifs (C(OH)–C–C–N with tert-alkyl or cyclic N) is 1. The molecule has 1 aromatic heterocycles. The van der Waals surface area contributed by atoms with Crippen LogP contribution < -0.4 is 5.32 Å². The molecule has 6 rings (SSSR count). The van der Waals surface area contributed by atoms with Crippen LogP contribution in [0.4, 0.5) is 8.78 Å². The van der Waals surface area contributed by atoms with Crippen molar-refractivity contribution in [2.24, 2.45) is 0 Å². The molecule has 6 nitrogen and oxygen atoms in total. The van der Waals surface area contributed by atoms with Crippen LogP contribution in [0.3, 0.4) is 0 Å². The third-order valence-electron chi connectivity index (χ3n) is 8.37. The van der Waals surface area contributed by atoms with Crippen molar-refractivity contribution in [2.75, 3.05) is 19.6 Å². The van der Waals surface area contributed by atoms with Gasteiger partial charge in [-0.05, 0) is 74.2 Å². The number of hydrogen-bond acceptors (Lipinski definition) is 5. The van der Waals surface area contributed by atoms with Crippen LogP contribution in [-0.2, 0) is 18.7 Å². The summed E-state index contributed by atoms with van der Waals surface area (Å²) in [6.07, 6.45) is 4.13. The molecule has 3 atom stereocenters. The number of aliphatic hydroxyl groups is 1. The number of likely N-dealkylation sites (tertiary alicyclic amines) is 1. The Morgan fingerprint density at radius 3 is 2.74 bits per heavy atom. The topological polar surface area (TPSA) is 68.7 Å². The summed E-state index contributed by atoms with van der Waals surface area (Å²) in [4.78, 5) is 21.4. The Balaban J connectivity index is 1.22. The van der Waals surface area contributed by atoms with Gasteiger partial charge in [0.1, 0.15) is 17.1 Å². The molecule has 3 aliphatic heterocycles. The number of amides is 1. The zero-order valence-corrected chi connectivity index (χ0v) is 21.5. The molecule has 0 aliphatic carbocycles. The number of pyridine rings is 1. The Kier molecular flexibility index (Phi) is 6.50. The van der Waals surface area contributed by atoms with Crippen molar-refractivity contribution in [3.8, 4) is 11.3 Å². The minimum atomic E-state index is -1.12. The van der Waals surface area contributed by atoms with E-state index in [-0.39, 0.29) is 29.5 Å². The summed E-state index contributed by atoms with van der Waals surface area (Å²) in [6.45, 7) is 4.96. The number of halogens is 2. The average molecular weight is 519 g/mol. The van der Waals surface area contributed by atoms with E-state index in [4.69, 9.17) is 0 Å². The first-order valence-electron chi connectivity index (χ1n) is 13.3. The molecule has 3 aliphatic rings. The molecule has 2 saturated heterocycles. The summed E-state index contributed by atoms with van der Waals surface area (Å²) in [7, 11) is 0. The van der Waals surface area contributed by atoms with Crippen molar-refractivity contribution < 1.29 is 18.7 Å². The van der Waals surface area contributed by atoms with Crippen molar-refractivity contribution in [1.29, 1.82) is 0 Å². The second-order valence-corrected chi connectivity index (χ2v) is 10.9. The van der Waals surface area contributed by atoms with Gasteiger partial charge in [0, 0.05) is 61.1 Å². The Morgan fingerprint density at radius 1 is 1.16 bits per heavy atom. The SMILES string of the molecule is CC1CC(O)(c2ccc(F)cc2)CN1Cc1ccnc(-c2ccc3c(c2)CN(C2CCCNC2)C3=O)c1F. The van der Waals surface area contributed by atoms with Crippen LogP contribution >= 0.6 is 0 Å². The van der Waals surface area contributed by atoms with Gasteiger partial charge in [-0.3, -0.25) is 14.7 Å². The molecule has 0 radical (unpaired) electrons. The van der Waals surface area contributed by atoms with E-state index in [1.807, 2.05) is 22.8 Å². The summed E-state index contributed by atoms with van der Waals surface area (Å²) in [5.74, 6) is -0.699. The van der Waals surface area contributed by atoms with E-state index in [1.165, 1.54) is 12.1 Å². The lowest BCUT2D eigenvalue weighted by Gasteiger charge is -2.31. The maximum absolute atomic E-state index is 15.8. The average Bonchev–Trinajstić information content (AvgIpc) is 3.41. The predicted molar refractivity (Wildman–Crippen MR) is 140 cm³/mol. The van der Waals surface area contributed by atoms with Gasteiger partial charge < -0.3 is 15.3 Å². The van der Waals surface area contributed by atoms with Crippen LogP contribution in [0.5, 0.6) is 0 Å². The van der Waals surface area contributed by atoms with Crippen LogP contribution in [0.1, 0.15) is 53.2 Å². The van der Waals surface area contributed by atoms with Gasteiger partial charge in [-0.2, -0.15) is 0 Å². The molecule has 2 fully saturated rings. The second kappa shape index (κ2) is 9.84. The zero-order chi connectivity index (χ0) is 26.4. The number of hydrogen-bond donors (Lipinski definition) is 2. The summed E-state index contributed by atoms with van der Waals surface area (Å²) in [6, 6.07) is 13.3. The first-order chi connectivity index (χ1) is 18.3. The van der Waals surface area contributed by atoms with Crippen LogP contribution in [0.25, 0.3) is 11.3 Å².